The highest BCUT2D eigenvalue weighted by atomic mass is 16.6. The molecule has 0 bridgehead atoms. The highest BCUT2D eigenvalue weighted by Gasteiger charge is 2.29. The van der Waals surface area contributed by atoms with Gasteiger partial charge in [-0.25, -0.2) is 9.61 Å². The normalized spacial score (nSPS) is 18.5. The van der Waals surface area contributed by atoms with Gasteiger partial charge >= 0.3 is 0 Å². The number of aromatic nitrogens is 4. The van der Waals surface area contributed by atoms with E-state index in [0.29, 0.717) is 17.9 Å². The maximum absolute atomic E-state index is 12.6. The number of fused-ring (bicyclic) bond motifs is 1. The monoisotopic (exact) mass is 311 g/mol. The topological polar surface area (TPSA) is 87.9 Å². The molecule has 1 atom stereocenters. The molecule has 1 amide bonds. The quantitative estimate of drug-likeness (QED) is 0.784. The average Bonchev–Trinajstić information content (AvgIpc) is 3.20. The number of hydrogen-bond donors (Lipinski definition) is 1. The van der Waals surface area contributed by atoms with E-state index in [-0.39, 0.29) is 11.8 Å². The summed E-state index contributed by atoms with van der Waals surface area (Å²) in [4.78, 5) is 22.4. The maximum atomic E-state index is 12.6. The first kappa shape index (κ1) is 13.9. The van der Waals surface area contributed by atoms with Crippen LogP contribution in [0.5, 0.6) is 0 Å². The van der Waals surface area contributed by atoms with Crippen molar-refractivity contribution in [2.24, 2.45) is 0 Å². The van der Waals surface area contributed by atoms with Crippen LogP contribution in [0.3, 0.4) is 0 Å². The fourth-order valence-corrected chi connectivity index (χ4v) is 3.13. The molecule has 2 aromatic heterocycles. The Bertz CT molecular complexity index is 820. The summed E-state index contributed by atoms with van der Waals surface area (Å²) in [7, 11) is 0. The number of likely N-dealkylation sites (tertiary alicyclic amines) is 1. The standard InChI is InChI=1S/C16H17N5O2/c1-10-14(20-23-19-10)16(22)21-8-4-5-11(9-21)15-17-12-6-2-3-7-13(12)18-15/h2-3,6-7,11H,4-5,8-9H2,1H3,(H,17,18)/t11-/m0/s1. The van der Waals surface area contributed by atoms with Gasteiger partial charge in [-0.05, 0) is 37.1 Å². The van der Waals surface area contributed by atoms with E-state index in [9.17, 15) is 4.79 Å². The number of nitrogens with one attached hydrogen (secondary N) is 1. The second-order valence-corrected chi connectivity index (χ2v) is 5.93. The molecular formula is C16H17N5O2. The van der Waals surface area contributed by atoms with Crippen LogP contribution in [-0.4, -0.2) is 44.2 Å². The van der Waals surface area contributed by atoms with Crippen molar-refractivity contribution in [1.82, 2.24) is 25.2 Å². The molecule has 0 spiro atoms. The van der Waals surface area contributed by atoms with Gasteiger partial charge in [0.2, 0.25) is 0 Å². The summed E-state index contributed by atoms with van der Waals surface area (Å²) in [5, 5.41) is 7.41. The average molecular weight is 311 g/mol. The van der Waals surface area contributed by atoms with Crippen molar-refractivity contribution in [2.45, 2.75) is 25.7 Å². The van der Waals surface area contributed by atoms with Gasteiger partial charge in [0.1, 0.15) is 11.5 Å². The Morgan fingerprint density at radius 2 is 2.22 bits per heavy atom. The van der Waals surface area contributed by atoms with Gasteiger partial charge in [-0.15, -0.1) is 0 Å². The van der Waals surface area contributed by atoms with E-state index >= 15 is 0 Å². The molecule has 0 unspecified atom stereocenters. The maximum Gasteiger partial charge on any atom is 0.278 e. The lowest BCUT2D eigenvalue weighted by Gasteiger charge is -2.31. The van der Waals surface area contributed by atoms with Gasteiger partial charge in [-0.3, -0.25) is 4.79 Å². The Balaban J connectivity index is 1.57. The molecule has 1 N–H and O–H groups in total. The number of nitrogens with zero attached hydrogens (tertiary/aromatic N) is 4. The minimum atomic E-state index is -0.121. The number of para-hydroxylation sites is 2. The van der Waals surface area contributed by atoms with Gasteiger partial charge in [-0.1, -0.05) is 17.3 Å². The number of carbonyl (C=O) groups is 1. The molecule has 1 aliphatic rings. The number of H-pyrrole nitrogens is 1. The van der Waals surface area contributed by atoms with Gasteiger partial charge in [0.25, 0.3) is 5.91 Å². The lowest BCUT2D eigenvalue weighted by Crippen LogP contribution is -2.39. The first-order valence-electron chi connectivity index (χ1n) is 7.75. The minimum absolute atomic E-state index is 0.121. The molecule has 0 aliphatic carbocycles. The van der Waals surface area contributed by atoms with E-state index < -0.39 is 0 Å². The van der Waals surface area contributed by atoms with Crippen molar-refractivity contribution in [3.63, 3.8) is 0 Å². The van der Waals surface area contributed by atoms with Crippen molar-refractivity contribution in [2.75, 3.05) is 13.1 Å². The van der Waals surface area contributed by atoms with E-state index in [0.717, 1.165) is 36.2 Å². The van der Waals surface area contributed by atoms with Crippen molar-refractivity contribution in [3.05, 3.63) is 41.5 Å². The number of amides is 1. The Kier molecular flexibility index (Phi) is 3.33. The van der Waals surface area contributed by atoms with Crippen LogP contribution in [0.15, 0.2) is 28.9 Å². The number of piperidine rings is 1. The summed E-state index contributed by atoms with van der Waals surface area (Å²) >= 11 is 0. The van der Waals surface area contributed by atoms with Crippen LogP contribution in [0, 0.1) is 6.92 Å². The molecule has 7 nitrogen and oxygen atoms in total. The zero-order valence-corrected chi connectivity index (χ0v) is 12.8. The number of hydrogen-bond acceptors (Lipinski definition) is 5. The van der Waals surface area contributed by atoms with Gasteiger partial charge in [0.15, 0.2) is 5.69 Å². The molecule has 3 heterocycles. The summed E-state index contributed by atoms with van der Waals surface area (Å²) in [5.41, 5.74) is 2.82. The lowest BCUT2D eigenvalue weighted by atomic mass is 9.97. The molecule has 7 heteroatoms. The molecule has 0 saturated carbocycles. The van der Waals surface area contributed by atoms with E-state index in [1.165, 1.54) is 0 Å². The molecule has 0 radical (unpaired) electrons. The van der Waals surface area contributed by atoms with Gasteiger partial charge in [0, 0.05) is 19.0 Å². The van der Waals surface area contributed by atoms with E-state index in [1.807, 2.05) is 29.2 Å². The number of imidazole rings is 1. The molecule has 3 aromatic rings. The number of aryl methyl sites for hydroxylation is 1. The fraction of sp³-hybridized carbons (Fsp3) is 0.375. The summed E-state index contributed by atoms with van der Waals surface area (Å²) in [5.74, 6) is 1.03. The first-order valence-corrected chi connectivity index (χ1v) is 7.75. The van der Waals surface area contributed by atoms with Crippen LogP contribution >= 0.6 is 0 Å². The number of benzene rings is 1. The van der Waals surface area contributed by atoms with E-state index in [1.54, 1.807) is 6.92 Å². The number of carbonyl (C=O) groups excluding carboxylic acids is 1. The number of aromatic amines is 1. The third-order valence-corrected chi connectivity index (χ3v) is 4.36. The Morgan fingerprint density at radius 3 is 3.00 bits per heavy atom. The summed E-state index contributed by atoms with van der Waals surface area (Å²) in [6.45, 7) is 3.08. The third-order valence-electron chi connectivity index (χ3n) is 4.36. The van der Waals surface area contributed by atoms with Gasteiger partial charge in [-0.2, -0.15) is 0 Å². The predicted molar refractivity (Wildman–Crippen MR) is 83.0 cm³/mol. The minimum Gasteiger partial charge on any atom is -0.342 e. The molecule has 1 saturated heterocycles. The molecule has 1 aliphatic heterocycles. The molecular weight excluding hydrogens is 294 g/mol. The van der Waals surface area contributed by atoms with Crippen molar-refractivity contribution < 1.29 is 9.42 Å². The summed E-state index contributed by atoms with van der Waals surface area (Å²) in [6, 6.07) is 7.97. The summed E-state index contributed by atoms with van der Waals surface area (Å²) < 4.78 is 4.64. The van der Waals surface area contributed by atoms with Crippen molar-refractivity contribution >= 4 is 16.9 Å². The SMILES string of the molecule is Cc1nonc1C(=O)N1CCC[C@H](c2nc3ccccc3[nH]2)C1. The third kappa shape index (κ3) is 2.48. The van der Waals surface area contributed by atoms with Crippen LogP contribution in [0.25, 0.3) is 11.0 Å². The Hall–Kier alpha value is -2.70. The first-order chi connectivity index (χ1) is 11.2. The summed E-state index contributed by atoms with van der Waals surface area (Å²) in [6.07, 6.45) is 1.96. The van der Waals surface area contributed by atoms with Gasteiger partial charge < -0.3 is 9.88 Å². The van der Waals surface area contributed by atoms with E-state index in [4.69, 9.17) is 0 Å². The molecule has 1 fully saturated rings. The van der Waals surface area contributed by atoms with Crippen molar-refractivity contribution in [1.29, 1.82) is 0 Å². The van der Waals surface area contributed by atoms with E-state index in [2.05, 4.69) is 24.9 Å². The molecule has 1 aromatic carbocycles. The highest BCUT2D eigenvalue weighted by molar-refractivity contribution is 5.93. The highest BCUT2D eigenvalue weighted by Crippen LogP contribution is 2.27. The second kappa shape index (κ2) is 5.49. The molecule has 23 heavy (non-hydrogen) atoms. The van der Waals surface area contributed by atoms with Crippen LogP contribution in [0.1, 0.15) is 40.8 Å². The second-order valence-electron chi connectivity index (χ2n) is 5.93. The zero-order chi connectivity index (χ0) is 15.8. The van der Waals surface area contributed by atoms with Crippen LogP contribution in [-0.2, 0) is 0 Å². The zero-order valence-electron chi connectivity index (χ0n) is 12.8. The van der Waals surface area contributed by atoms with Crippen LogP contribution in [0.2, 0.25) is 0 Å². The Morgan fingerprint density at radius 1 is 1.35 bits per heavy atom. The van der Waals surface area contributed by atoms with Crippen LogP contribution < -0.4 is 0 Å². The largest absolute Gasteiger partial charge is 0.342 e. The molecule has 4 rings (SSSR count). The van der Waals surface area contributed by atoms with Crippen LogP contribution in [0.4, 0.5) is 0 Å². The van der Waals surface area contributed by atoms with Crippen molar-refractivity contribution in [3.8, 4) is 0 Å². The molecule has 118 valence electrons. The lowest BCUT2D eigenvalue weighted by molar-refractivity contribution is 0.0693. The Labute approximate surface area is 132 Å². The number of rotatable bonds is 2. The predicted octanol–water partition coefficient (Wildman–Crippen LogP) is 2.27. The smallest absolute Gasteiger partial charge is 0.278 e. The fourth-order valence-electron chi connectivity index (χ4n) is 3.13. The van der Waals surface area contributed by atoms with Gasteiger partial charge in [0.05, 0.1) is 11.0 Å².